The summed E-state index contributed by atoms with van der Waals surface area (Å²) in [6.07, 6.45) is -1.18. The first-order valence-corrected chi connectivity index (χ1v) is 6.19. The third-order valence-corrected chi connectivity index (χ3v) is 3.48. The summed E-state index contributed by atoms with van der Waals surface area (Å²) in [5, 5.41) is 21.8. The molecule has 0 aromatic heterocycles. The van der Waals surface area contributed by atoms with E-state index >= 15 is 0 Å². The highest BCUT2D eigenvalue weighted by Gasteiger charge is 2.56. The number of nitrogens with two attached hydrogens (primary N) is 1. The number of alkyl halides is 1. The Morgan fingerprint density at radius 2 is 2.40 bits per heavy atom. The van der Waals surface area contributed by atoms with Crippen molar-refractivity contribution in [2.45, 2.75) is 36.7 Å². The van der Waals surface area contributed by atoms with Crippen molar-refractivity contribution in [2.75, 3.05) is 6.61 Å². The summed E-state index contributed by atoms with van der Waals surface area (Å²) < 4.78 is 19.7. The van der Waals surface area contributed by atoms with Crippen LogP contribution in [0.1, 0.15) is 6.42 Å². The van der Waals surface area contributed by atoms with Gasteiger partial charge < -0.3 is 26.0 Å². The zero-order valence-electron chi connectivity index (χ0n) is 10.8. The molecule has 0 aromatic carbocycles. The van der Waals surface area contributed by atoms with Crippen molar-refractivity contribution in [2.24, 2.45) is 5.73 Å². The van der Waals surface area contributed by atoms with Gasteiger partial charge in [0.25, 0.3) is 0 Å². The van der Waals surface area contributed by atoms with Crippen molar-refractivity contribution in [3.8, 4) is 0 Å². The van der Waals surface area contributed by atoms with Crippen LogP contribution in [-0.4, -0.2) is 58.0 Å². The Morgan fingerprint density at radius 1 is 1.70 bits per heavy atom. The summed E-state index contributed by atoms with van der Waals surface area (Å²) in [6.45, 7) is 2.90. The van der Waals surface area contributed by atoms with Crippen molar-refractivity contribution >= 4 is 6.03 Å². The van der Waals surface area contributed by atoms with E-state index in [2.05, 4.69) is 11.9 Å². The summed E-state index contributed by atoms with van der Waals surface area (Å²) in [5.41, 5.74) is 3.99. The lowest BCUT2D eigenvalue weighted by molar-refractivity contribution is -0.130. The highest BCUT2D eigenvalue weighted by atomic mass is 19.1. The number of amides is 2. The van der Waals surface area contributed by atoms with Crippen molar-refractivity contribution < 1.29 is 24.1 Å². The SMILES string of the molecule is C=CC[C@]1(CO)O[C@@H](N2C=CC(N)NC2=O)[C@H](F)[C@@H]1O. The molecule has 2 amide bonds. The number of ether oxygens (including phenoxy) is 1. The number of carbonyl (C=O) groups excluding carboxylic acids is 1. The van der Waals surface area contributed by atoms with Crippen LogP contribution in [0.3, 0.4) is 0 Å². The molecule has 0 radical (unpaired) electrons. The Hall–Kier alpha value is -1.48. The average molecular weight is 287 g/mol. The number of halogens is 1. The first-order chi connectivity index (χ1) is 9.45. The second kappa shape index (κ2) is 5.49. The molecule has 2 heterocycles. The Balaban J connectivity index is 2.24. The van der Waals surface area contributed by atoms with Gasteiger partial charge in [-0.05, 0) is 12.5 Å². The Labute approximate surface area is 115 Å². The second-order valence-electron chi connectivity index (χ2n) is 4.84. The smallest absolute Gasteiger partial charge is 0.325 e. The minimum Gasteiger partial charge on any atom is -0.393 e. The third-order valence-electron chi connectivity index (χ3n) is 3.48. The number of nitrogens with one attached hydrogen (secondary N) is 1. The number of carbonyl (C=O) groups is 1. The van der Waals surface area contributed by atoms with Crippen molar-refractivity contribution in [1.82, 2.24) is 10.2 Å². The van der Waals surface area contributed by atoms with Gasteiger partial charge in [-0.25, -0.2) is 9.18 Å². The van der Waals surface area contributed by atoms with Gasteiger partial charge in [-0.15, -0.1) is 6.58 Å². The van der Waals surface area contributed by atoms with Crippen molar-refractivity contribution in [3.05, 3.63) is 24.9 Å². The summed E-state index contributed by atoms with van der Waals surface area (Å²) in [5.74, 6) is 0. The van der Waals surface area contributed by atoms with E-state index in [1.807, 2.05) is 0 Å². The van der Waals surface area contributed by atoms with Gasteiger partial charge in [0.15, 0.2) is 12.4 Å². The quantitative estimate of drug-likeness (QED) is 0.505. The first kappa shape index (κ1) is 14.9. The van der Waals surface area contributed by atoms with E-state index in [1.165, 1.54) is 18.4 Å². The minimum absolute atomic E-state index is 0.0558. The van der Waals surface area contributed by atoms with Crippen molar-refractivity contribution in [3.63, 3.8) is 0 Å². The minimum atomic E-state index is -1.85. The number of nitrogens with zero attached hydrogens (tertiary/aromatic N) is 1. The predicted molar refractivity (Wildman–Crippen MR) is 67.9 cm³/mol. The van der Waals surface area contributed by atoms with Gasteiger partial charge in [0, 0.05) is 6.20 Å². The van der Waals surface area contributed by atoms with Gasteiger partial charge in [-0.2, -0.15) is 0 Å². The van der Waals surface area contributed by atoms with E-state index in [0.29, 0.717) is 0 Å². The molecule has 1 unspecified atom stereocenters. The summed E-state index contributed by atoms with van der Waals surface area (Å²) in [6, 6.07) is -0.632. The predicted octanol–water partition coefficient (Wildman–Crippen LogP) is -0.827. The Bertz CT molecular complexity index is 433. The first-order valence-electron chi connectivity index (χ1n) is 6.19. The van der Waals surface area contributed by atoms with Crippen LogP contribution in [0.2, 0.25) is 0 Å². The molecule has 0 spiro atoms. The summed E-state index contributed by atoms with van der Waals surface area (Å²) in [4.78, 5) is 12.7. The molecule has 112 valence electrons. The molecule has 0 bridgehead atoms. The van der Waals surface area contributed by atoms with E-state index in [1.54, 1.807) is 0 Å². The second-order valence-corrected chi connectivity index (χ2v) is 4.84. The van der Waals surface area contributed by atoms with E-state index < -0.39 is 42.9 Å². The lowest BCUT2D eigenvalue weighted by Gasteiger charge is -2.32. The monoisotopic (exact) mass is 287 g/mol. The van der Waals surface area contributed by atoms with Crippen LogP contribution >= 0.6 is 0 Å². The Morgan fingerprint density at radius 3 is 2.95 bits per heavy atom. The highest BCUT2D eigenvalue weighted by molar-refractivity contribution is 5.77. The maximum Gasteiger partial charge on any atom is 0.325 e. The fraction of sp³-hybridized carbons (Fsp3) is 0.583. The number of aliphatic hydroxyl groups excluding tert-OH is 2. The van der Waals surface area contributed by atoms with E-state index in [0.717, 1.165) is 4.90 Å². The average Bonchev–Trinajstić information content (AvgIpc) is 2.65. The van der Waals surface area contributed by atoms with Crippen LogP contribution in [-0.2, 0) is 4.74 Å². The molecule has 1 saturated heterocycles. The van der Waals surface area contributed by atoms with Crippen LogP contribution < -0.4 is 11.1 Å². The molecule has 2 aliphatic rings. The topological polar surface area (TPSA) is 108 Å². The fourth-order valence-corrected chi connectivity index (χ4v) is 2.36. The molecule has 8 heteroatoms. The van der Waals surface area contributed by atoms with E-state index in [-0.39, 0.29) is 6.42 Å². The van der Waals surface area contributed by atoms with Gasteiger partial charge >= 0.3 is 6.03 Å². The molecular formula is C12H18FN3O4. The molecule has 2 rings (SSSR count). The zero-order chi connectivity index (χ0) is 14.9. The normalized spacial score (nSPS) is 40.8. The Kier molecular flexibility index (Phi) is 4.09. The number of hydrogen-bond donors (Lipinski definition) is 4. The molecule has 0 aromatic rings. The molecule has 20 heavy (non-hydrogen) atoms. The number of rotatable bonds is 4. The molecule has 2 aliphatic heterocycles. The molecule has 0 saturated carbocycles. The number of urea groups is 1. The molecule has 5 N–H and O–H groups in total. The van der Waals surface area contributed by atoms with Crippen LogP contribution in [0, 0.1) is 0 Å². The van der Waals surface area contributed by atoms with Gasteiger partial charge in [0.1, 0.15) is 11.7 Å². The lowest BCUT2D eigenvalue weighted by atomic mass is 9.93. The molecule has 0 aliphatic carbocycles. The summed E-state index contributed by atoms with van der Waals surface area (Å²) in [7, 11) is 0. The van der Waals surface area contributed by atoms with Crippen molar-refractivity contribution in [1.29, 1.82) is 0 Å². The largest absolute Gasteiger partial charge is 0.393 e. The van der Waals surface area contributed by atoms with Gasteiger partial charge in [-0.3, -0.25) is 4.90 Å². The highest BCUT2D eigenvalue weighted by Crippen LogP contribution is 2.37. The number of hydrogen-bond acceptors (Lipinski definition) is 5. The summed E-state index contributed by atoms with van der Waals surface area (Å²) >= 11 is 0. The molecular weight excluding hydrogens is 269 g/mol. The molecule has 7 nitrogen and oxygen atoms in total. The molecule has 5 atom stereocenters. The zero-order valence-corrected chi connectivity index (χ0v) is 10.8. The fourth-order valence-electron chi connectivity index (χ4n) is 2.36. The van der Waals surface area contributed by atoms with Crippen LogP contribution in [0.15, 0.2) is 24.9 Å². The maximum atomic E-state index is 14.2. The van der Waals surface area contributed by atoms with Crippen LogP contribution in [0.5, 0.6) is 0 Å². The van der Waals surface area contributed by atoms with E-state index in [4.69, 9.17) is 10.5 Å². The third kappa shape index (κ3) is 2.31. The molecule has 1 fully saturated rings. The van der Waals surface area contributed by atoms with Crippen LogP contribution in [0.4, 0.5) is 9.18 Å². The van der Waals surface area contributed by atoms with E-state index in [9.17, 15) is 19.4 Å². The van der Waals surface area contributed by atoms with Crippen LogP contribution in [0.25, 0.3) is 0 Å². The lowest BCUT2D eigenvalue weighted by Crippen LogP contribution is -2.54. The number of aliphatic hydroxyl groups is 2. The maximum absolute atomic E-state index is 14.2. The van der Waals surface area contributed by atoms with Gasteiger partial charge in [0.2, 0.25) is 0 Å². The van der Waals surface area contributed by atoms with Gasteiger partial charge in [-0.1, -0.05) is 6.08 Å². The standard InChI is InChI=1S/C12H18FN3O4/c1-2-4-12(6-17)9(18)8(13)10(20-12)16-5-3-7(14)15-11(16)19/h2-3,5,7-10,17-18H,1,4,6,14H2,(H,15,19)/t7?,8-,9+,10-,12-/m1/s1. The van der Waals surface area contributed by atoms with Gasteiger partial charge in [0.05, 0.1) is 12.8 Å².